The lowest BCUT2D eigenvalue weighted by Gasteiger charge is -2.37. The molecule has 0 spiro atoms. The number of nitrogens with two attached hydrogens (primary N) is 1. The number of nitrogens with one attached hydrogen (secondary N) is 1. The molecule has 0 radical (unpaired) electrons. The molecule has 1 aliphatic rings. The molecular weight excluding hydrogens is 274 g/mol. The highest BCUT2D eigenvalue weighted by atomic mass is 16.1. The van der Waals surface area contributed by atoms with Crippen LogP contribution >= 0.6 is 0 Å². The Morgan fingerprint density at radius 1 is 1.32 bits per heavy atom. The van der Waals surface area contributed by atoms with Gasteiger partial charge in [-0.1, -0.05) is 50.1 Å². The Hall–Kier alpha value is -1.39. The molecule has 1 heterocycles. The second-order valence-corrected chi connectivity index (χ2v) is 6.47. The normalized spacial score (nSPS) is 22.6. The number of primary amides is 1. The Morgan fingerprint density at radius 3 is 2.77 bits per heavy atom. The number of unbranched alkanes of at least 4 members (excludes halogenated alkanes) is 1. The number of rotatable bonds is 8. The van der Waals surface area contributed by atoms with E-state index in [1.54, 1.807) is 0 Å². The van der Waals surface area contributed by atoms with Crippen molar-refractivity contribution in [3.63, 3.8) is 0 Å². The zero-order valence-electron chi connectivity index (χ0n) is 13.6. The molecule has 1 saturated heterocycles. The molecule has 22 heavy (non-hydrogen) atoms. The molecule has 0 bridgehead atoms. The van der Waals surface area contributed by atoms with Crippen LogP contribution < -0.4 is 11.1 Å². The number of nitrogens with zero attached hydrogens (tertiary/aromatic N) is 1. The zero-order chi connectivity index (χ0) is 15.8. The van der Waals surface area contributed by atoms with E-state index in [2.05, 4.69) is 41.4 Å². The molecule has 1 aliphatic heterocycles. The molecule has 122 valence electrons. The van der Waals surface area contributed by atoms with Crippen LogP contribution in [0.5, 0.6) is 0 Å². The number of likely N-dealkylation sites (tertiary alicyclic amines) is 1. The lowest BCUT2D eigenvalue weighted by atomic mass is 9.89. The molecule has 0 aromatic heterocycles. The fourth-order valence-corrected chi connectivity index (χ4v) is 3.36. The van der Waals surface area contributed by atoms with Gasteiger partial charge in [-0.15, -0.1) is 0 Å². The summed E-state index contributed by atoms with van der Waals surface area (Å²) in [6.07, 6.45) is 4.94. The van der Waals surface area contributed by atoms with E-state index in [4.69, 9.17) is 5.73 Å². The average molecular weight is 303 g/mol. The molecule has 3 N–H and O–H groups in total. The number of amides is 1. The van der Waals surface area contributed by atoms with E-state index in [1.165, 1.54) is 31.2 Å². The molecule has 4 heteroatoms. The summed E-state index contributed by atoms with van der Waals surface area (Å²) in [5, 5.41) is 3.65. The molecule has 2 rings (SSSR count). The number of hydrogen-bond donors (Lipinski definition) is 2. The summed E-state index contributed by atoms with van der Waals surface area (Å²) in [6, 6.07) is 10.9. The van der Waals surface area contributed by atoms with E-state index >= 15 is 0 Å². The van der Waals surface area contributed by atoms with Gasteiger partial charge in [0.2, 0.25) is 5.91 Å². The van der Waals surface area contributed by atoms with Crippen LogP contribution in [0.25, 0.3) is 0 Å². The molecule has 1 amide bonds. The van der Waals surface area contributed by atoms with Gasteiger partial charge >= 0.3 is 0 Å². The van der Waals surface area contributed by atoms with Gasteiger partial charge in [0.15, 0.2) is 0 Å². The summed E-state index contributed by atoms with van der Waals surface area (Å²) in [5.41, 5.74) is 6.68. The highest BCUT2D eigenvalue weighted by molar-refractivity contribution is 5.75. The maximum absolute atomic E-state index is 11.2. The van der Waals surface area contributed by atoms with Gasteiger partial charge in [0.05, 0.1) is 6.54 Å². The second kappa shape index (κ2) is 8.91. The van der Waals surface area contributed by atoms with Crippen molar-refractivity contribution in [1.82, 2.24) is 10.2 Å². The van der Waals surface area contributed by atoms with E-state index in [0.717, 1.165) is 19.6 Å². The Kier molecular flexibility index (Phi) is 6.87. The lowest BCUT2D eigenvalue weighted by molar-refractivity contribution is -0.119. The van der Waals surface area contributed by atoms with Crippen LogP contribution in [0.1, 0.15) is 38.2 Å². The summed E-state index contributed by atoms with van der Waals surface area (Å²) in [7, 11) is 0. The molecule has 0 aliphatic carbocycles. The average Bonchev–Trinajstić information content (AvgIpc) is 2.51. The highest BCUT2D eigenvalue weighted by Crippen LogP contribution is 2.22. The maximum Gasteiger partial charge on any atom is 0.231 e. The summed E-state index contributed by atoms with van der Waals surface area (Å²) in [6.45, 7) is 5.42. The maximum atomic E-state index is 11.2. The molecule has 2 atom stereocenters. The first-order valence-corrected chi connectivity index (χ1v) is 8.45. The largest absolute Gasteiger partial charge is 0.369 e. The van der Waals surface area contributed by atoms with E-state index in [0.29, 0.717) is 18.5 Å². The van der Waals surface area contributed by atoms with Gasteiger partial charge in [-0.2, -0.15) is 0 Å². The fourth-order valence-electron chi connectivity index (χ4n) is 3.36. The predicted octanol–water partition coefficient (Wildman–Crippen LogP) is 2.14. The van der Waals surface area contributed by atoms with Gasteiger partial charge in [-0.05, 0) is 24.3 Å². The van der Waals surface area contributed by atoms with E-state index in [-0.39, 0.29) is 5.91 Å². The van der Waals surface area contributed by atoms with Crippen molar-refractivity contribution in [2.24, 2.45) is 11.7 Å². The van der Waals surface area contributed by atoms with Gasteiger partial charge in [0, 0.05) is 25.7 Å². The summed E-state index contributed by atoms with van der Waals surface area (Å²) in [4.78, 5) is 13.5. The van der Waals surface area contributed by atoms with Gasteiger partial charge in [0.25, 0.3) is 0 Å². The van der Waals surface area contributed by atoms with Crippen LogP contribution in [0.4, 0.5) is 0 Å². The molecule has 2 unspecified atom stereocenters. The topological polar surface area (TPSA) is 58.4 Å². The van der Waals surface area contributed by atoms with Crippen molar-refractivity contribution < 1.29 is 4.79 Å². The van der Waals surface area contributed by atoms with E-state index in [1.807, 2.05) is 6.07 Å². The Bertz CT molecular complexity index is 449. The van der Waals surface area contributed by atoms with Crippen LogP contribution in [-0.4, -0.2) is 36.5 Å². The first kappa shape index (κ1) is 17.0. The molecule has 4 nitrogen and oxygen atoms in total. The number of piperidine rings is 1. The molecule has 1 fully saturated rings. The zero-order valence-corrected chi connectivity index (χ0v) is 13.6. The lowest BCUT2D eigenvalue weighted by Crippen LogP contribution is -2.51. The molecular formula is C18H29N3O. The SMILES string of the molecule is CCCCC1CC(NCc2ccccc2)CN(CC(N)=O)C1. The van der Waals surface area contributed by atoms with Crippen LogP contribution in [0.15, 0.2) is 30.3 Å². The van der Waals surface area contributed by atoms with Gasteiger partial charge in [0.1, 0.15) is 0 Å². The minimum absolute atomic E-state index is 0.224. The third-order valence-corrected chi connectivity index (χ3v) is 4.40. The van der Waals surface area contributed by atoms with Crippen molar-refractivity contribution in [3.8, 4) is 0 Å². The quantitative estimate of drug-likeness (QED) is 0.773. The third-order valence-electron chi connectivity index (χ3n) is 4.40. The molecule has 0 saturated carbocycles. The minimum atomic E-state index is -0.224. The number of hydrogen-bond acceptors (Lipinski definition) is 3. The summed E-state index contributed by atoms with van der Waals surface area (Å²) >= 11 is 0. The third kappa shape index (κ3) is 5.78. The van der Waals surface area contributed by atoms with E-state index < -0.39 is 0 Å². The standard InChI is InChI=1S/C18H29N3O/c1-2-3-7-16-10-17(13-21(12-16)14-18(19)22)20-11-15-8-5-4-6-9-15/h4-6,8-9,16-17,20H,2-3,7,10-14H2,1H3,(H2,19,22). The van der Waals surface area contributed by atoms with E-state index in [9.17, 15) is 4.79 Å². The van der Waals surface area contributed by atoms with Crippen LogP contribution in [0.2, 0.25) is 0 Å². The van der Waals surface area contributed by atoms with Crippen molar-refractivity contribution >= 4 is 5.91 Å². The fraction of sp³-hybridized carbons (Fsp3) is 0.611. The first-order valence-electron chi connectivity index (χ1n) is 8.45. The van der Waals surface area contributed by atoms with Crippen LogP contribution in [-0.2, 0) is 11.3 Å². The van der Waals surface area contributed by atoms with Crippen molar-refractivity contribution in [3.05, 3.63) is 35.9 Å². The van der Waals surface area contributed by atoms with Crippen molar-refractivity contribution in [2.75, 3.05) is 19.6 Å². The Balaban J connectivity index is 1.88. The monoisotopic (exact) mass is 303 g/mol. The van der Waals surface area contributed by atoms with Gasteiger partial charge in [-0.3, -0.25) is 9.69 Å². The van der Waals surface area contributed by atoms with Crippen LogP contribution in [0, 0.1) is 5.92 Å². The van der Waals surface area contributed by atoms with Gasteiger partial charge < -0.3 is 11.1 Å². The van der Waals surface area contributed by atoms with Crippen LogP contribution in [0.3, 0.4) is 0 Å². The second-order valence-electron chi connectivity index (χ2n) is 6.47. The number of carbonyl (C=O) groups excluding carboxylic acids is 1. The first-order chi connectivity index (χ1) is 10.7. The van der Waals surface area contributed by atoms with Crippen molar-refractivity contribution in [1.29, 1.82) is 0 Å². The Labute approximate surface area is 134 Å². The van der Waals surface area contributed by atoms with Crippen molar-refractivity contribution in [2.45, 2.75) is 45.2 Å². The number of benzene rings is 1. The Morgan fingerprint density at radius 2 is 2.09 bits per heavy atom. The predicted molar refractivity (Wildman–Crippen MR) is 90.3 cm³/mol. The molecule has 1 aromatic rings. The summed E-state index contributed by atoms with van der Waals surface area (Å²) < 4.78 is 0. The smallest absolute Gasteiger partial charge is 0.231 e. The highest BCUT2D eigenvalue weighted by Gasteiger charge is 2.27. The summed E-state index contributed by atoms with van der Waals surface area (Å²) in [5.74, 6) is 0.444. The minimum Gasteiger partial charge on any atom is -0.369 e. The number of carbonyl (C=O) groups is 1. The molecule has 1 aromatic carbocycles. The van der Waals surface area contributed by atoms with Gasteiger partial charge in [-0.25, -0.2) is 0 Å².